The largest absolute Gasteiger partial charge is 0.373 e. The summed E-state index contributed by atoms with van der Waals surface area (Å²) in [6, 6.07) is 0.249. The van der Waals surface area contributed by atoms with Crippen molar-refractivity contribution in [3.05, 3.63) is 0 Å². The second kappa shape index (κ2) is 5.92. The van der Waals surface area contributed by atoms with Crippen LogP contribution in [0, 0.1) is 23.7 Å². The van der Waals surface area contributed by atoms with Crippen LogP contribution in [0.25, 0.3) is 0 Å². The smallest absolute Gasteiger partial charge is 0.0755 e. The minimum absolute atomic E-state index is 0.249. The fourth-order valence-corrected chi connectivity index (χ4v) is 3.96. The molecule has 0 aliphatic heterocycles. The Morgan fingerprint density at radius 3 is 2.17 bits per heavy atom. The molecule has 2 N–H and O–H groups in total. The molecule has 0 saturated heterocycles. The summed E-state index contributed by atoms with van der Waals surface area (Å²) in [6.07, 6.45) is 6.95. The lowest BCUT2D eigenvalue weighted by Gasteiger charge is -2.41. The second-order valence-electron chi connectivity index (χ2n) is 7.21. The summed E-state index contributed by atoms with van der Waals surface area (Å²) in [5.41, 5.74) is 6.31. The van der Waals surface area contributed by atoms with Gasteiger partial charge in [0.15, 0.2) is 0 Å². The van der Waals surface area contributed by atoms with Gasteiger partial charge in [0.1, 0.15) is 0 Å². The number of rotatable bonds is 2. The first-order valence-electron chi connectivity index (χ1n) is 7.88. The third-order valence-electron chi connectivity index (χ3n) is 5.33. The molecule has 7 unspecified atom stereocenters. The lowest BCUT2D eigenvalue weighted by atomic mass is 9.77. The van der Waals surface area contributed by atoms with E-state index in [9.17, 15) is 0 Å². The van der Waals surface area contributed by atoms with Crippen LogP contribution in [0.3, 0.4) is 0 Å². The summed E-state index contributed by atoms with van der Waals surface area (Å²) in [7, 11) is 0. The predicted molar refractivity (Wildman–Crippen MR) is 76.4 cm³/mol. The van der Waals surface area contributed by atoms with Crippen LogP contribution in [0.15, 0.2) is 0 Å². The van der Waals surface area contributed by atoms with Crippen LogP contribution < -0.4 is 5.73 Å². The molecule has 2 nitrogen and oxygen atoms in total. The van der Waals surface area contributed by atoms with Crippen LogP contribution >= 0.6 is 0 Å². The zero-order valence-corrected chi connectivity index (χ0v) is 12.6. The Kier molecular flexibility index (Phi) is 4.71. The molecule has 0 amide bonds. The zero-order chi connectivity index (χ0) is 13.3. The van der Waals surface area contributed by atoms with Crippen LogP contribution in [-0.4, -0.2) is 18.2 Å². The molecule has 106 valence electrons. The SMILES string of the molecule is CC1CC(C)C(OC2CCC(C)C(C)C2)C(N)C1. The molecule has 0 heterocycles. The molecule has 18 heavy (non-hydrogen) atoms. The standard InChI is InChI=1S/C16H31NO/c1-10-7-13(4)16(15(17)8-10)18-14-6-5-11(2)12(3)9-14/h10-16H,5-9,17H2,1-4H3. The van der Waals surface area contributed by atoms with Crippen LogP contribution in [0.1, 0.15) is 59.8 Å². The Bertz CT molecular complexity index is 256. The van der Waals surface area contributed by atoms with Crippen molar-refractivity contribution >= 4 is 0 Å². The van der Waals surface area contributed by atoms with Gasteiger partial charge in [-0.15, -0.1) is 0 Å². The van der Waals surface area contributed by atoms with Gasteiger partial charge in [0, 0.05) is 6.04 Å². The molecule has 0 aromatic carbocycles. The molecule has 2 aliphatic rings. The first-order chi connectivity index (χ1) is 8.47. The molecule has 7 atom stereocenters. The van der Waals surface area contributed by atoms with E-state index in [1.54, 1.807) is 0 Å². The van der Waals surface area contributed by atoms with Crippen molar-refractivity contribution in [3.8, 4) is 0 Å². The van der Waals surface area contributed by atoms with E-state index in [1.807, 2.05) is 0 Å². The molecule has 2 heteroatoms. The number of nitrogens with two attached hydrogens (primary N) is 1. The third-order valence-corrected chi connectivity index (χ3v) is 5.33. The molecule has 2 saturated carbocycles. The minimum Gasteiger partial charge on any atom is -0.373 e. The van der Waals surface area contributed by atoms with Gasteiger partial charge >= 0.3 is 0 Å². The Hall–Kier alpha value is -0.0800. The van der Waals surface area contributed by atoms with Gasteiger partial charge < -0.3 is 10.5 Å². The van der Waals surface area contributed by atoms with Crippen molar-refractivity contribution in [3.63, 3.8) is 0 Å². The molecule has 0 spiro atoms. The molecular weight excluding hydrogens is 222 g/mol. The lowest BCUT2D eigenvalue weighted by molar-refractivity contribution is -0.0946. The first kappa shape index (κ1) is 14.3. The Morgan fingerprint density at radius 2 is 1.56 bits per heavy atom. The second-order valence-corrected chi connectivity index (χ2v) is 7.21. The highest BCUT2D eigenvalue weighted by molar-refractivity contribution is 4.88. The topological polar surface area (TPSA) is 35.2 Å². The number of ether oxygens (including phenoxy) is 1. The van der Waals surface area contributed by atoms with Gasteiger partial charge in [0.2, 0.25) is 0 Å². The molecule has 0 radical (unpaired) electrons. The van der Waals surface area contributed by atoms with Gasteiger partial charge in [-0.2, -0.15) is 0 Å². The van der Waals surface area contributed by atoms with Gasteiger partial charge in [0.05, 0.1) is 12.2 Å². The van der Waals surface area contributed by atoms with Crippen molar-refractivity contribution in [1.82, 2.24) is 0 Å². The molecule has 2 rings (SSSR count). The average Bonchev–Trinajstić information content (AvgIpc) is 2.28. The zero-order valence-electron chi connectivity index (χ0n) is 12.6. The van der Waals surface area contributed by atoms with Crippen molar-refractivity contribution in [2.24, 2.45) is 29.4 Å². The van der Waals surface area contributed by atoms with Crippen molar-refractivity contribution in [2.45, 2.75) is 78.0 Å². The normalized spacial score (nSPS) is 50.2. The van der Waals surface area contributed by atoms with E-state index in [2.05, 4.69) is 27.7 Å². The first-order valence-corrected chi connectivity index (χ1v) is 7.88. The molecule has 2 fully saturated rings. The van der Waals surface area contributed by atoms with Gasteiger partial charge in [0.25, 0.3) is 0 Å². The van der Waals surface area contributed by atoms with E-state index in [0.29, 0.717) is 18.1 Å². The molecule has 0 aromatic heterocycles. The molecular formula is C16H31NO. The highest BCUT2D eigenvalue weighted by Gasteiger charge is 2.35. The van der Waals surface area contributed by atoms with E-state index in [4.69, 9.17) is 10.5 Å². The molecule has 0 aromatic rings. The number of hydrogen-bond donors (Lipinski definition) is 1. The average molecular weight is 253 g/mol. The summed E-state index contributed by atoms with van der Waals surface area (Å²) >= 11 is 0. The van der Waals surface area contributed by atoms with Gasteiger partial charge in [-0.3, -0.25) is 0 Å². The Morgan fingerprint density at radius 1 is 0.833 bits per heavy atom. The van der Waals surface area contributed by atoms with E-state index >= 15 is 0 Å². The van der Waals surface area contributed by atoms with E-state index < -0.39 is 0 Å². The van der Waals surface area contributed by atoms with Crippen LogP contribution in [-0.2, 0) is 4.74 Å². The highest BCUT2D eigenvalue weighted by Crippen LogP contribution is 2.35. The molecule has 0 bridgehead atoms. The van der Waals surface area contributed by atoms with Crippen molar-refractivity contribution < 1.29 is 4.74 Å². The summed E-state index contributed by atoms with van der Waals surface area (Å²) in [5, 5.41) is 0. The maximum absolute atomic E-state index is 6.40. The summed E-state index contributed by atoms with van der Waals surface area (Å²) < 4.78 is 6.40. The van der Waals surface area contributed by atoms with Gasteiger partial charge in [-0.05, 0) is 55.8 Å². The monoisotopic (exact) mass is 253 g/mol. The van der Waals surface area contributed by atoms with Gasteiger partial charge in [-0.25, -0.2) is 0 Å². The Balaban J connectivity index is 1.88. The highest BCUT2D eigenvalue weighted by atomic mass is 16.5. The quantitative estimate of drug-likeness (QED) is 0.816. The van der Waals surface area contributed by atoms with Crippen molar-refractivity contribution in [2.75, 3.05) is 0 Å². The fraction of sp³-hybridized carbons (Fsp3) is 1.00. The number of hydrogen-bond acceptors (Lipinski definition) is 2. The van der Waals surface area contributed by atoms with Crippen LogP contribution in [0.2, 0.25) is 0 Å². The summed E-state index contributed by atoms with van der Waals surface area (Å²) in [4.78, 5) is 0. The van der Waals surface area contributed by atoms with Gasteiger partial charge in [-0.1, -0.05) is 27.7 Å². The van der Waals surface area contributed by atoms with E-state index in [-0.39, 0.29) is 6.04 Å². The summed E-state index contributed by atoms with van der Waals surface area (Å²) in [5.74, 6) is 3.05. The lowest BCUT2D eigenvalue weighted by Crippen LogP contribution is -2.48. The maximum atomic E-state index is 6.40. The minimum atomic E-state index is 0.249. The van der Waals surface area contributed by atoms with E-state index in [0.717, 1.165) is 24.2 Å². The maximum Gasteiger partial charge on any atom is 0.0755 e. The Labute approximate surface area is 113 Å². The summed E-state index contributed by atoms with van der Waals surface area (Å²) in [6.45, 7) is 9.37. The van der Waals surface area contributed by atoms with E-state index in [1.165, 1.54) is 25.7 Å². The third kappa shape index (κ3) is 3.27. The van der Waals surface area contributed by atoms with Crippen LogP contribution in [0.5, 0.6) is 0 Å². The predicted octanol–water partition coefficient (Wildman–Crippen LogP) is 3.59. The van der Waals surface area contributed by atoms with Crippen LogP contribution in [0.4, 0.5) is 0 Å². The van der Waals surface area contributed by atoms with Crippen molar-refractivity contribution in [1.29, 1.82) is 0 Å². The fourth-order valence-electron chi connectivity index (χ4n) is 3.96. The molecule has 2 aliphatic carbocycles.